The number of nitrogens with one attached hydrogen (secondary N) is 2. The van der Waals surface area contributed by atoms with Gasteiger partial charge in [0.05, 0.1) is 17.8 Å². The molecule has 7 heteroatoms. The zero-order valence-corrected chi connectivity index (χ0v) is 11.4. The molecule has 0 fully saturated rings. The first-order valence-corrected chi connectivity index (χ1v) is 5.92. The lowest BCUT2D eigenvalue weighted by atomic mass is 10.1. The van der Waals surface area contributed by atoms with Crippen LogP contribution < -0.4 is 15.4 Å². The van der Waals surface area contributed by atoms with Crippen LogP contribution in [-0.2, 0) is 4.79 Å². The van der Waals surface area contributed by atoms with Gasteiger partial charge < -0.3 is 20.5 Å². The van der Waals surface area contributed by atoms with Gasteiger partial charge in [-0.25, -0.2) is 4.79 Å². The minimum Gasteiger partial charge on any atom is -0.496 e. The number of carbonyl (C=O) groups excluding carboxylic acids is 1. The van der Waals surface area contributed by atoms with Gasteiger partial charge in [0.2, 0.25) is 5.91 Å². The molecule has 0 aliphatic rings. The number of amides is 1. The van der Waals surface area contributed by atoms with Crippen molar-refractivity contribution in [1.82, 2.24) is 5.32 Å². The Labute approximate surface area is 115 Å². The van der Waals surface area contributed by atoms with Crippen LogP contribution in [0.5, 0.6) is 5.75 Å². The van der Waals surface area contributed by atoms with E-state index < -0.39 is 5.97 Å². The fraction of sp³-hybridized carbons (Fsp3) is 0.333. The Balaban J connectivity index is 2.96. The van der Waals surface area contributed by atoms with Gasteiger partial charge in [-0.1, -0.05) is 11.6 Å². The topological polar surface area (TPSA) is 87.7 Å². The number of carbonyl (C=O) groups is 2. The fourth-order valence-electron chi connectivity index (χ4n) is 1.44. The normalized spacial score (nSPS) is 10.1. The van der Waals surface area contributed by atoms with E-state index in [-0.39, 0.29) is 28.7 Å². The molecule has 0 spiro atoms. The molecular weight excluding hydrogens is 272 g/mol. The summed E-state index contributed by atoms with van der Waals surface area (Å²) in [5.41, 5.74) is 0.269. The van der Waals surface area contributed by atoms with Gasteiger partial charge in [-0.15, -0.1) is 0 Å². The molecule has 0 aromatic heterocycles. The largest absolute Gasteiger partial charge is 0.496 e. The first-order valence-electron chi connectivity index (χ1n) is 5.55. The van der Waals surface area contributed by atoms with Crippen LogP contribution in [0.3, 0.4) is 0 Å². The van der Waals surface area contributed by atoms with Gasteiger partial charge in [-0.3, -0.25) is 4.79 Å². The van der Waals surface area contributed by atoms with Crippen molar-refractivity contribution in [2.24, 2.45) is 0 Å². The van der Waals surface area contributed by atoms with Gasteiger partial charge in [0.1, 0.15) is 11.3 Å². The summed E-state index contributed by atoms with van der Waals surface area (Å²) in [6, 6.07) is 2.64. The Morgan fingerprint density at radius 1 is 1.42 bits per heavy atom. The summed E-state index contributed by atoms with van der Waals surface area (Å²) < 4.78 is 4.96. The second-order valence-electron chi connectivity index (χ2n) is 3.74. The summed E-state index contributed by atoms with van der Waals surface area (Å²) in [4.78, 5) is 22.5. The minimum absolute atomic E-state index is 0.0549. The van der Waals surface area contributed by atoms with Gasteiger partial charge in [0, 0.05) is 19.0 Å². The van der Waals surface area contributed by atoms with Crippen LogP contribution >= 0.6 is 11.6 Å². The monoisotopic (exact) mass is 286 g/mol. The number of anilines is 1. The SMILES string of the molecule is CNCCC(=O)Nc1cc(OC)c(C(=O)O)cc1Cl. The zero-order valence-electron chi connectivity index (χ0n) is 10.6. The molecule has 1 aromatic carbocycles. The summed E-state index contributed by atoms with van der Waals surface area (Å²) in [6.45, 7) is 0.536. The molecule has 3 N–H and O–H groups in total. The number of hydrogen-bond acceptors (Lipinski definition) is 4. The first kappa shape index (κ1) is 15.3. The first-order chi connectivity index (χ1) is 8.99. The summed E-state index contributed by atoms with van der Waals surface area (Å²) in [7, 11) is 3.09. The lowest BCUT2D eigenvalue weighted by Gasteiger charge is -2.11. The molecule has 1 aromatic rings. The number of methoxy groups -OCH3 is 1. The van der Waals surface area contributed by atoms with Crippen molar-refractivity contribution in [3.05, 3.63) is 22.7 Å². The summed E-state index contributed by atoms with van der Waals surface area (Å²) in [6.07, 6.45) is 0.288. The predicted molar refractivity (Wildman–Crippen MR) is 72.1 cm³/mol. The Bertz CT molecular complexity index is 491. The molecule has 104 valence electrons. The molecule has 6 nitrogen and oxygen atoms in total. The second kappa shape index (κ2) is 6.96. The molecule has 0 bridgehead atoms. The summed E-state index contributed by atoms with van der Waals surface area (Å²) in [5.74, 6) is -1.23. The Morgan fingerprint density at radius 3 is 2.63 bits per heavy atom. The number of rotatable bonds is 6. The number of carboxylic acids is 1. The average molecular weight is 287 g/mol. The van der Waals surface area contributed by atoms with E-state index in [1.807, 2.05) is 0 Å². The third kappa shape index (κ3) is 4.11. The van der Waals surface area contributed by atoms with Crippen molar-refractivity contribution in [3.63, 3.8) is 0 Å². The van der Waals surface area contributed by atoms with E-state index in [1.165, 1.54) is 19.2 Å². The Hall–Kier alpha value is -1.79. The van der Waals surface area contributed by atoms with Crippen molar-refractivity contribution in [2.75, 3.05) is 26.0 Å². The van der Waals surface area contributed by atoms with E-state index in [1.54, 1.807) is 7.05 Å². The highest BCUT2D eigenvalue weighted by molar-refractivity contribution is 6.34. The smallest absolute Gasteiger partial charge is 0.339 e. The molecule has 0 heterocycles. The van der Waals surface area contributed by atoms with Gasteiger partial charge in [0.15, 0.2) is 0 Å². The molecule has 0 unspecified atom stereocenters. The standard InChI is InChI=1S/C12H15ClN2O4/c1-14-4-3-11(16)15-9-6-10(19-2)7(12(17)18)5-8(9)13/h5-6,14H,3-4H2,1-2H3,(H,15,16)(H,17,18). The summed E-state index contributed by atoms with van der Waals surface area (Å²) in [5, 5.41) is 14.6. The van der Waals surface area contributed by atoms with E-state index in [4.69, 9.17) is 21.4 Å². The molecule has 0 aliphatic carbocycles. The molecular formula is C12H15ClN2O4. The number of carboxylic acid groups (broad SMARTS) is 1. The molecule has 1 amide bonds. The molecule has 0 saturated heterocycles. The van der Waals surface area contributed by atoms with E-state index >= 15 is 0 Å². The molecule has 1 rings (SSSR count). The average Bonchev–Trinajstić information content (AvgIpc) is 2.38. The van der Waals surface area contributed by atoms with Crippen LogP contribution in [0.2, 0.25) is 5.02 Å². The van der Waals surface area contributed by atoms with Crippen LogP contribution in [0.15, 0.2) is 12.1 Å². The molecule has 0 atom stereocenters. The lowest BCUT2D eigenvalue weighted by Crippen LogP contribution is -2.19. The number of aromatic carboxylic acids is 1. The van der Waals surface area contributed by atoms with Crippen LogP contribution in [0.1, 0.15) is 16.8 Å². The molecule has 19 heavy (non-hydrogen) atoms. The van der Waals surface area contributed by atoms with Gasteiger partial charge in [-0.2, -0.15) is 0 Å². The van der Waals surface area contributed by atoms with E-state index in [0.29, 0.717) is 12.2 Å². The third-order valence-electron chi connectivity index (χ3n) is 2.40. The summed E-state index contributed by atoms with van der Waals surface area (Å²) >= 11 is 5.93. The van der Waals surface area contributed by atoms with Crippen molar-refractivity contribution in [2.45, 2.75) is 6.42 Å². The molecule has 0 aliphatic heterocycles. The number of benzene rings is 1. The van der Waals surface area contributed by atoms with E-state index in [2.05, 4.69) is 10.6 Å². The highest BCUT2D eigenvalue weighted by Gasteiger charge is 2.16. The highest BCUT2D eigenvalue weighted by Crippen LogP contribution is 2.31. The lowest BCUT2D eigenvalue weighted by molar-refractivity contribution is -0.116. The minimum atomic E-state index is -1.15. The zero-order chi connectivity index (χ0) is 14.4. The fourth-order valence-corrected chi connectivity index (χ4v) is 1.65. The van der Waals surface area contributed by atoms with Crippen LogP contribution in [0, 0.1) is 0 Å². The molecule has 0 radical (unpaired) electrons. The van der Waals surface area contributed by atoms with Crippen LogP contribution in [0.4, 0.5) is 5.69 Å². The highest BCUT2D eigenvalue weighted by atomic mass is 35.5. The maximum Gasteiger partial charge on any atom is 0.339 e. The van der Waals surface area contributed by atoms with Crippen molar-refractivity contribution < 1.29 is 19.4 Å². The third-order valence-corrected chi connectivity index (χ3v) is 2.71. The molecule has 0 saturated carbocycles. The van der Waals surface area contributed by atoms with Crippen molar-refractivity contribution >= 4 is 29.2 Å². The van der Waals surface area contributed by atoms with Crippen molar-refractivity contribution in [3.8, 4) is 5.75 Å². The van der Waals surface area contributed by atoms with Gasteiger partial charge in [-0.05, 0) is 13.1 Å². The number of ether oxygens (including phenoxy) is 1. The van der Waals surface area contributed by atoms with Crippen LogP contribution in [0.25, 0.3) is 0 Å². The maximum atomic E-state index is 11.6. The van der Waals surface area contributed by atoms with E-state index in [0.717, 1.165) is 0 Å². The van der Waals surface area contributed by atoms with Gasteiger partial charge >= 0.3 is 5.97 Å². The van der Waals surface area contributed by atoms with Gasteiger partial charge in [0.25, 0.3) is 0 Å². The Morgan fingerprint density at radius 2 is 2.11 bits per heavy atom. The quantitative estimate of drug-likeness (QED) is 0.739. The predicted octanol–water partition coefficient (Wildman–Crippen LogP) is 1.59. The number of halogens is 1. The number of hydrogen-bond donors (Lipinski definition) is 3. The van der Waals surface area contributed by atoms with Crippen molar-refractivity contribution in [1.29, 1.82) is 0 Å². The maximum absolute atomic E-state index is 11.6. The van der Waals surface area contributed by atoms with E-state index in [9.17, 15) is 9.59 Å². The Kier molecular flexibility index (Phi) is 5.59. The second-order valence-corrected chi connectivity index (χ2v) is 4.15. The van der Waals surface area contributed by atoms with Crippen LogP contribution in [-0.4, -0.2) is 37.7 Å².